The SMILES string of the molecule is N#Cc1nnc2ccccc2c1NC1CCC(C(=O)O)CC1. The molecule has 3 rings (SSSR count). The minimum Gasteiger partial charge on any atom is -0.481 e. The van der Waals surface area contributed by atoms with Crippen LogP contribution in [0.25, 0.3) is 10.9 Å². The van der Waals surface area contributed by atoms with Gasteiger partial charge >= 0.3 is 5.97 Å². The number of carboxylic acids is 1. The number of hydrogen-bond donors (Lipinski definition) is 2. The average molecular weight is 296 g/mol. The summed E-state index contributed by atoms with van der Waals surface area (Å²) in [4.78, 5) is 11.0. The van der Waals surface area contributed by atoms with Gasteiger partial charge in [0.05, 0.1) is 17.1 Å². The number of fused-ring (bicyclic) bond motifs is 1. The van der Waals surface area contributed by atoms with Gasteiger partial charge in [-0.25, -0.2) is 0 Å². The third kappa shape index (κ3) is 2.70. The highest BCUT2D eigenvalue weighted by Crippen LogP contribution is 2.30. The van der Waals surface area contributed by atoms with E-state index in [1.807, 2.05) is 24.3 Å². The number of anilines is 1. The lowest BCUT2D eigenvalue weighted by molar-refractivity contribution is -0.142. The summed E-state index contributed by atoms with van der Waals surface area (Å²) in [7, 11) is 0. The number of carbonyl (C=O) groups is 1. The molecule has 22 heavy (non-hydrogen) atoms. The molecule has 6 nitrogen and oxygen atoms in total. The summed E-state index contributed by atoms with van der Waals surface area (Å²) >= 11 is 0. The molecular weight excluding hydrogens is 280 g/mol. The van der Waals surface area contributed by atoms with Gasteiger partial charge in [-0.3, -0.25) is 4.79 Å². The minimum atomic E-state index is -0.716. The Hall–Kier alpha value is -2.68. The predicted octanol–water partition coefficient (Wildman–Crippen LogP) is 2.56. The van der Waals surface area contributed by atoms with Gasteiger partial charge in [0, 0.05) is 11.4 Å². The number of benzene rings is 1. The van der Waals surface area contributed by atoms with Crippen molar-refractivity contribution in [2.45, 2.75) is 31.7 Å². The normalized spacial score (nSPS) is 21.2. The molecule has 0 saturated heterocycles. The first kappa shape index (κ1) is 14.3. The van der Waals surface area contributed by atoms with Crippen molar-refractivity contribution in [2.75, 3.05) is 5.32 Å². The molecule has 1 aliphatic rings. The number of hydrogen-bond acceptors (Lipinski definition) is 5. The number of rotatable bonds is 3. The van der Waals surface area contributed by atoms with Crippen molar-refractivity contribution in [3.63, 3.8) is 0 Å². The van der Waals surface area contributed by atoms with E-state index in [4.69, 9.17) is 5.11 Å². The van der Waals surface area contributed by atoms with Crippen molar-refractivity contribution in [3.05, 3.63) is 30.0 Å². The van der Waals surface area contributed by atoms with Gasteiger partial charge in [-0.1, -0.05) is 18.2 Å². The van der Waals surface area contributed by atoms with Gasteiger partial charge in [-0.15, -0.1) is 10.2 Å². The van der Waals surface area contributed by atoms with E-state index in [1.54, 1.807) is 0 Å². The smallest absolute Gasteiger partial charge is 0.306 e. The van der Waals surface area contributed by atoms with Gasteiger partial charge in [0.25, 0.3) is 0 Å². The second kappa shape index (κ2) is 5.98. The zero-order valence-electron chi connectivity index (χ0n) is 12.0. The van der Waals surface area contributed by atoms with Crippen molar-refractivity contribution >= 4 is 22.6 Å². The lowest BCUT2D eigenvalue weighted by atomic mass is 9.86. The molecule has 2 N–H and O–H groups in total. The first-order valence-electron chi connectivity index (χ1n) is 7.34. The maximum Gasteiger partial charge on any atom is 0.306 e. The molecule has 1 aromatic heterocycles. The molecule has 2 aromatic rings. The molecule has 0 atom stereocenters. The van der Waals surface area contributed by atoms with Crippen molar-refractivity contribution in [1.82, 2.24) is 10.2 Å². The van der Waals surface area contributed by atoms with Gasteiger partial charge in [-0.2, -0.15) is 5.26 Å². The van der Waals surface area contributed by atoms with E-state index < -0.39 is 5.97 Å². The molecule has 0 radical (unpaired) electrons. The molecule has 1 aliphatic carbocycles. The summed E-state index contributed by atoms with van der Waals surface area (Å²) in [5.41, 5.74) is 1.72. The van der Waals surface area contributed by atoms with E-state index >= 15 is 0 Å². The Morgan fingerprint density at radius 1 is 1.23 bits per heavy atom. The van der Waals surface area contributed by atoms with Crippen LogP contribution in [0, 0.1) is 17.2 Å². The minimum absolute atomic E-state index is 0.162. The van der Waals surface area contributed by atoms with Gasteiger partial charge < -0.3 is 10.4 Å². The number of nitrogens with zero attached hydrogens (tertiary/aromatic N) is 3. The molecule has 112 valence electrons. The molecule has 0 aliphatic heterocycles. The van der Waals surface area contributed by atoms with E-state index in [2.05, 4.69) is 21.6 Å². The van der Waals surface area contributed by atoms with Crippen LogP contribution in [0.3, 0.4) is 0 Å². The van der Waals surface area contributed by atoms with E-state index in [0.717, 1.165) is 23.7 Å². The number of aliphatic carboxylic acids is 1. The van der Waals surface area contributed by atoms with E-state index in [1.165, 1.54) is 0 Å². The Balaban J connectivity index is 1.85. The molecule has 6 heteroatoms. The Morgan fingerprint density at radius 3 is 2.64 bits per heavy atom. The molecule has 0 unspecified atom stereocenters. The number of nitrogens with one attached hydrogen (secondary N) is 1. The second-order valence-corrected chi connectivity index (χ2v) is 5.58. The van der Waals surface area contributed by atoms with Crippen molar-refractivity contribution in [1.29, 1.82) is 5.26 Å². The van der Waals surface area contributed by atoms with Crippen LogP contribution in [-0.2, 0) is 4.79 Å². The van der Waals surface area contributed by atoms with Crippen LogP contribution in [0.15, 0.2) is 24.3 Å². The monoisotopic (exact) mass is 296 g/mol. The highest BCUT2D eigenvalue weighted by molar-refractivity contribution is 5.92. The average Bonchev–Trinajstić information content (AvgIpc) is 2.55. The zero-order chi connectivity index (χ0) is 15.5. The number of aromatic nitrogens is 2. The Kier molecular flexibility index (Phi) is 3.88. The topological polar surface area (TPSA) is 98.9 Å². The Labute approximate surface area is 127 Å². The first-order chi connectivity index (χ1) is 10.7. The molecule has 1 heterocycles. The van der Waals surface area contributed by atoms with Crippen LogP contribution in [0.2, 0.25) is 0 Å². The third-order valence-corrected chi connectivity index (χ3v) is 4.20. The summed E-state index contributed by atoms with van der Waals surface area (Å²) in [6, 6.07) is 9.79. The van der Waals surface area contributed by atoms with E-state index in [0.29, 0.717) is 18.5 Å². The Bertz CT molecular complexity index is 745. The largest absolute Gasteiger partial charge is 0.481 e. The summed E-state index contributed by atoms with van der Waals surface area (Å²) < 4.78 is 0. The first-order valence-corrected chi connectivity index (χ1v) is 7.34. The molecular formula is C16H16N4O2. The van der Waals surface area contributed by atoms with Gasteiger partial charge in [0.2, 0.25) is 0 Å². The fourth-order valence-corrected chi connectivity index (χ4v) is 2.97. The molecule has 1 aromatic carbocycles. The van der Waals surface area contributed by atoms with E-state index in [-0.39, 0.29) is 17.7 Å². The highest BCUT2D eigenvalue weighted by Gasteiger charge is 2.26. The van der Waals surface area contributed by atoms with E-state index in [9.17, 15) is 10.1 Å². The van der Waals surface area contributed by atoms with Crippen molar-refractivity contribution in [2.24, 2.45) is 5.92 Å². The zero-order valence-corrected chi connectivity index (χ0v) is 12.0. The second-order valence-electron chi connectivity index (χ2n) is 5.58. The summed E-state index contributed by atoms with van der Waals surface area (Å²) in [5, 5.41) is 30.6. The Morgan fingerprint density at radius 2 is 1.95 bits per heavy atom. The highest BCUT2D eigenvalue weighted by atomic mass is 16.4. The van der Waals surface area contributed by atoms with Crippen LogP contribution in [0.4, 0.5) is 5.69 Å². The molecule has 1 saturated carbocycles. The van der Waals surface area contributed by atoms with Crippen LogP contribution in [-0.4, -0.2) is 27.3 Å². The van der Waals surface area contributed by atoms with Crippen LogP contribution in [0.5, 0.6) is 0 Å². The maximum atomic E-state index is 11.0. The van der Waals surface area contributed by atoms with Crippen LogP contribution < -0.4 is 5.32 Å². The number of nitriles is 1. The third-order valence-electron chi connectivity index (χ3n) is 4.20. The quantitative estimate of drug-likeness (QED) is 0.903. The molecule has 0 bridgehead atoms. The lowest BCUT2D eigenvalue weighted by Gasteiger charge is -2.28. The van der Waals surface area contributed by atoms with Gasteiger partial charge in [-0.05, 0) is 31.7 Å². The molecule has 1 fully saturated rings. The molecule has 0 amide bonds. The van der Waals surface area contributed by atoms with Gasteiger partial charge in [0.15, 0.2) is 5.69 Å². The van der Waals surface area contributed by atoms with Crippen molar-refractivity contribution < 1.29 is 9.90 Å². The predicted molar refractivity (Wildman–Crippen MR) is 81.3 cm³/mol. The van der Waals surface area contributed by atoms with Gasteiger partial charge in [0.1, 0.15) is 6.07 Å². The standard InChI is InChI=1S/C16H16N4O2/c17-9-14-15(12-3-1-2-4-13(12)19-20-14)18-11-7-5-10(6-8-11)16(21)22/h1-4,10-11H,5-8H2,(H,18,19)(H,21,22). The van der Waals surface area contributed by atoms with Crippen molar-refractivity contribution in [3.8, 4) is 6.07 Å². The van der Waals surface area contributed by atoms with Crippen LogP contribution >= 0.6 is 0 Å². The fraction of sp³-hybridized carbons (Fsp3) is 0.375. The molecule has 0 spiro atoms. The summed E-state index contributed by atoms with van der Waals surface area (Å²) in [6.07, 6.45) is 2.87. The number of carboxylic acid groups (broad SMARTS) is 1. The fourth-order valence-electron chi connectivity index (χ4n) is 2.97. The summed E-state index contributed by atoms with van der Waals surface area (Å²) in [6.45, 7) is 0. The summed E-state index contributed by atoms with van der Waals surface area (Å²) in [5.74, 6) is -0.965. The van der Waals surface area contributed by atoms with Crippen LogP contribution in [0.1, 0.15) is 31.4 Å². The lowest BCUT2D eigenvalue weighted by Crippen LogP contribution is -2.29. The maximum absolute atomic E-state index is 11.0.